The summed E-state index contributed by atoms with van der Waals surface area (Å²) in [6.07, 6.45) is 2.00. The zero-order valence-electron chi connectivity index (χ0n) is 11.7. The van der Waals surface area contributed by atoms with E-state index in [0.717, 1.165) is 25.1 Å². The number of benzene rings is 1. The quantitative estimate of drug-likeness (QED) is 0.705. The van der Waals surface area contributed by atoms with Crippen LogP contribution in [0.4, 0.5) is 0 Å². The van der Waals surface area contributed by atoms with Crippen molar-refractivity contribution in [1.82, 2.24) is 4.90 Å². The van der Waals surface area contributed by atoms with Gasteiger partial charge in [0, 0.05) is 19.6 Å². The maximum absolute atomic E-state index is 12.1. The molecule has 4 heteroatoms. The van der Waals surface area contributed by atoms with Gasteiger partial charge >= 0.3 is 0 Å². The van der Waals surface area contributed by atoms with E-state index in [9.17, 15) is 4.79 Å². The molecule has 3 nitrogen and oxygen atoms in total. The minimum Gasteiger partial charge on any atom is -0.340 e. The largest absolute Gasteiger partial charge is 0.340 e. The van der Waals surface area contributed by atoms with Crippen LogP contribution in [0.1, 0.15) is 18.9 Å². The van der Waals surface area contributed by atoms with E-state index in [1.165, 1.54) is 5.56 Å². The number of carbonyl (C=O) groups is 1. The van der Waals surface area contributed by atoms with E-state index in [1.807, 2.05) is 23.1 Å². The van der Waals surface area contributed by atoms with Crippen LogP contribution in [0, 0.1) is 0 Å². The highest BCUT2D eigenvalue weighted by molar-refractivity contribution is 7.99. The Morgan fingerprint density at radius 1 is 1.26 bits per heavy atom. The van der Waals surface area contributed by atoms with E-state index in [4.69, 9.17) is 5.73 Å². The number of amides is 1. The third-order valence-corrected chi connectivity index (χ3v) is 3.99. The van der Waals surface area contributed by atoms with Crippen molar-refractivity contribution in [2.75, 3.05) is 31.1 Å². The summed E-state index contributed by atoms with van der Waals surface area (Å²) in [6.45, 7) is 4.06. The predicted molar refractivity (Wildman–Crippen MR) is 83.4 cm³/mol. The maximum Gasteiger partial charge on any atom is 0.232 e. The van der Waals surface area contributed by atoms with Gasteiger partial charge in [0.25, 0.3) is 0 Å². The van der Waals surface area contributed by atoms with Gasteiger partial charge in [-0.2, -0.15) is 11.8 Å². The van der Waals surface area contributed by atoms with Crippen LogP contribution in [0.2, 0.25) is 0 Å². The SMILES string of the molecule is CCCSCC(=O)N(CCN)CCc1ccccc1. The molecule has 2 N–H and O–H groups in total. The highest BCUT2D eigenvalue weighted by atomic mass is 32.2. The van der Waals surface area contributed by atoms with Crippen LogP contribution in [0.5, 0.6) is 0 Å². The van der Waals surface area contributed by atoms with Crippen molar-refractivity contribution in [2.24, 2.45) is 5.73 Å². The summed E-state index contributed by atoms with van der Waals surface area (Å²) in [5, 5.41) is 0. The first-order chi connectivity index (χ1) is 9.27. The lowest BCUT2D eigenvalue weighted by atomic mass is 10.1. The van der Waals surface area contributed by atoms with Gasteiger partial charge in [-0.05, 0) is 24.2 Å². The smallest absolute Gasteiger partial charge is 0.232 e. The zero-order chi connectivity index (χ0) is 13.9. The van der Waals surface area contributed by atoms with E-state index >= 15 is 0 Å². The van der Waals surface area contributed by atoms with Crippen molar-refractivity contribution in [3.63, 3.8) is 0 Å². The summed E-state index contributed by atoms with van der Waals surface area (Å²) in [7, 11) is 0. The fourth-order valence-corrected chi connectivity index (χ4v) is 2.61. The van der Waals surface area contributed by atoms with E-state index in [2.05, 4.69) is 19.1 Å². The van der Waals surface area contributed by atoms with Crippen LogP contribution in [0.15, 0.2) is 30.3 Å². The topological polar surface area (TPSA) is 46.3 Å². The van der Waals surface area contributed by atoms with Gasteiger partial charge < -0.3 is 10.6 Å². The number of hydrogen-bond acceptors (Lipinski definition) is 3. The number of hydrogen-bond donors (Lipinski definition) is 1. The molecule has 1 rings (SSSR count). The number of thioether (sulfide) groups is 1. The lowest BCUT2D eigenvalue weighted by molar-refractivity contribution is -0.128. The molecule has 0 bridgehead atoms. The second-order valence-electron chi connectivity index (χ2n) is 4.46. The van der Waals surface area contributed by atoms with Gasteiger partial charge in [-0.15, -0.1) is 0 Å². The molecule has 1 amide bonds. The normalized spacial score (nSPS) is 10.4. The van der Waals surface area contributed by atoms with E-state index in [-0.39, 0.29) is 5.91 Å². The zero-order valence-corrected chi connectivity index (χ0v) is 12.5. The predicted octanol–water partition coefficient (Wildman–Crippen LogP) is 2.16. The summed E-state index contributed by atoms with van der Waals surface area (Å²) in [5.41, 5.74) is 6.85. The van der Waals surface area contributed by atoms with Crippen LogP contribution in [-0.4, -0.2) is 41.9 Å². The van der Waals surface area contributed by atoms with Crippen molar-refractivity contribution >= 4 is 17.7 Å². The van der Waals surface area contributed by atoms with Crippen molar-refractivity contribution in [2.45, 2.75) is 19.8 Å². The highest BCUT2D eigenvalue weighted by Gasteiger charge is 2.12. The number of carbonyl (C=O) groups excluding carboxylic acids is 1. The van der Waals surface area contributed by atoms with E-state index in [1.54, 1.807) is 11.8 Å². The minimum absolute atomic E-state index is 0.208. The van der Waals surface area contributed by atoms with E-state index < -0.39 is 0 Å². The Kier molecular flexibility index (Phi) is 8.34. The molecule has 0 heterocycles. The second kappa shape index (κ2) is 9.87. The minimum atomic E-state index is 0.208. The summed E-state index contributed by atoms with van der Waals surface area (Å²) in [5.74, 6) is 1.82. The maximum atomic E-state index is 12.1. The summed E-state index contributed by atoms with van der Waals surface area (Å²) >= 11 is 1.71. The van der Waals surface area contributed by atoms with Gasteiger partial charge in [-0.25, -0.2) is 0 Å². The van der Waals surface area contributed by atoms with Crippen molar-refractivity contribution < 1.29 is 4.79 Å². The molecular formula is C15H24N2OS. The van der Waals surface area contributed by atoms with Crippen molar-refractivity contribution in [3.05, 3.63) is 35.9 Å². The molecule has 0 aliphatic rings. The Labute approximate surface area is 120 Å². The Morgan fingerprint density at radius 2 is 2.00 bits per heavy atom. The fourth-order valence-electron chi connectivity index (χ4n) is 1.82. The molecule has 19 heavy (non-hydrogen) atoms. The monoisotopic (exact) mass is 280 g/mol. The van der Waals surface area contributed by atoms with Gasteiger partial charge in [0.15, 0.2) is 0 Å². The molecule has 0 aliphatic heterocycles. The Balaban J connectivity index is 2.41. The molecule has 0 spiro atoms. The van der Waals surface area contributed by atoms with Gasteiger partial charge in [0.1, 0.15) is 0 Å². The fraction of sp³-hybridized carbons (Fsp3) is 0.533. The summed E-state index contributed by atoms with van der Waals surface area (Å²) in [4.78, 5) is 14.0. The van der Waals surface area contributed by atoms with Gasteiger partial charge in [-0.1, -0.05) is 37.3 Å². The summed E-state index contributed by atoms with van der Waals surface area (Å²) in [6, 6.07) is 10.3. The Bertz CT molecular complexity index is 356. The van der Waals surface area contributed by atoms with Crippen molar-refractivity contribution in [3.8, 4) is 0 Å². The second-order valence-corrected chi connectivity index (χ2v) is 5.56. The molecular weight excluding hydrogens is 256 g/mol. The summed E-state index contributed by atoms with van der Waals surface area (Å²) < 4.78 is 0. The van der Waals surface area contributed by atoms with Gasteiger partial charge in [0.2, 0.25) is 5.91 Å². The standard InChI is InChI=1S/C15H24N2OS/c1-2-12-19-13-15(18)17(11-9-16)10-8-14-6-4-3-5-7-14/h3-7H,2,8-13,16H2,1H3. The molecule has 1 aromatic carbocycles. The lowest BCUT2D eigenvalue weighted by Gasteiger charge is -2.22. The lowest BCUT2D eigenvalue weighted by Crippen LogP contribution is -2.38. The average molecular weight is 280 g/mol. The third kappa shape index (κ3) is 6.64. The molecule has 0 radical (unpaired) electrons. The molecule has 0 saturated carbocycles. The Hall–Kier alpha value is -1.00. The Morgan fingerprint density at radius 3 is 2.63 bits per heavy atom. The van der Waals surface area contributed by atoms with Crippen LogP contribution in [0.25, 0.3) is 0 Å². The van der Waals surface area contributed by atoms with Gasteiger partial charge in [-0.3, -0.25) is 4.79 Å². The first-order valence-corrected chi connectivity index (χ1v) is 8.03. The van der Waals surface area contributed by atoms with Crippen LogP contribution < -0.4 is 5.73 Å². The van der Waals surface area contributed by atoms with Crippen LogP contribution in [0.3, 0.4) is 0 Å². The molecule has 1 aromatic rings. The number of rotatable bonds is 9. The molecule has 0 atom stereocenters. The molecule has 106 valence electrons. The number of nitrogens with zero attached hydrogens (tertiary/aromatic N) is 1. The van der Waals surface area contributed by atoms with Gasteiger partial charge in [0.05, 0.1) is 5.75 Å². The molecule has 0 aliphatic carbocycles. The first kappa shape index (κ1) is 16.1. The van der Waals surface area contributed by atoms with Crippen molar-refractivity contribution in [1.29, 1.82) is 0 Å². The first-order valence-electron chi connectivity index (χ1n) is 6.87. The van der Waals surface area contributed by atoms with E-state index in [0.29, 0.717) is 18.8 Å². The molecule has 0 fully saturated rings. The average Bonchev–Trinajstić information content (AvgIpc) is 2.44. The van der Waals surface area contributed by atoms with Crippen LogP contribution >= 0.6 is 11.8 Å². The highest BCUT2D eigenvalue weighted by Crippen LogP contribution is 2.06. The molecule has 0 unspecified atom stereocenters. The number of nitrogens with two attached hydrogens (primary N) is 1. The third-order valence-electron chi connectivity index (χ3n) is 2.84. The molecule has 0 saturated heterocycles. The van der Waals surface area contributed by atoms with Crippen LogP contribution in [-0.2, 0) is 11.2 Å². The molecule has 0 aromatic heterocycles.